The third kappa shape index (κ3) is 3.17. The fraction of sp³-hybridized carbons (Fsp3) is 0.588. The third-order valence-electron chi connectivity index (χ3n) is 5.07. The summed E-state index contributed by atoms with van der Waals surface area (Å²) < 4.78 is 2.00. The molecule has 24 heavy (non-hydrogen) atoms. The molecule has 2 atom stereocenters. The molecule has 0 N–H and O–H groups in total. The number of anilines is 1. The largest absolute Gasteiger partial charge is 0.347 e. The molecule has 1 amide bonds. The Labute approximate surface area is 146 Å². The molecule has 2 saturated heterocycles. The summed E-state index contributed by atoms with van der Waals surface area (Å²) in [4.78, 5) is 21.8. The predicted molar refractivity (Wildman–Crippen MR) is 94.1 cm³/mol. The van der Waals surface area contributed by atoms with E-state index in [2.05, 4.69) is 19.9 Å². The molecule has 2 aromatic rings. The van der Waals surface area contributed by atoms with E-state index in [4.69, 9.17) is 0 Å². The van der Waals surface area contributed by atoms with Crippen LogP contribution in [0.15, 0.2) is 30.0 Å². The molecule has 0 aromatic carbocycles. The van der Waals surface area contributed by atoms with Crippen LogP contribution >= 0.6 is 11.3 Å². The normalized spacial score (nSPS) is 25.0. The van der Waals surface area contributed by atoms with Crippen LogP contribution in [0.25, 0.3) is 0 Å². The van der Waals surface area contributed by atoms with Crippen molar-refractivity contribution in [2.75, 3.05) is 31.1 Å². The van der Waals surface area contributed by atoms with Gasteiger partial charge in [0.05, 0.1) is 12.0 Å². The highest BCUT2D eigenvalue weighted by atomic mass is 32.1. The number of likely N-dealkylation sites (tertiary alicyclic amines) is 1. The number of amides is 1. The lowest BCUT2D eigenvalue weighted by atomic mass is 9.95. The Kier molecular flexibility index (Phi) is 4.51. The van der Waals surface area contributed by atoms with Crippen molar-refractivity contribution in [2.24, 2.45) is 5.92 Å². The van der Waals surface area contributed by atoms with E-state index in [9.17, 15) is 4.79 Å². The number of hydrogen-bond donors (Lipinski definition) is 0. The van der Waals surface area contributed by atoms with Crippen LogP contribution in [0.1, 0.15) is 31.7 Å². The molecule has 2 aliphatic rings. The monoisotopic (exact) mass is 345 g/mol. The van der Waals surface area contributed by atoms with Crippen LogP contribution in [-0.2, 0) is 4.79 Å². The number of nitrogens with zero attached hydrogens (tertiary/aromatic N) is 5. The van der Waals surface area contributed by atoms with Crippen molar-refractivity contribution in [3.63, 3.8) is 0 Å². The van der Waals surface area contributed by atoms with Crippen molar-refractivity contribution in [2.45, 2.75) is 31.7 Å². The molecule has 0 saturated carbocycles. The maximum atomic E-state index is 13.0. The second kappa shape index (κ2) is 6.93. The van der Waals surface area contributed by atoms with Crippen molar-refractivity contribution in [3.05, 3.63) is 30.0 Å². The van der Waals surface area contributed by atoms with E-state index in [1.165, 1.54) is 0 Å². The smallest absolute Gasteiger partial charge is 0.227 e. The second-order valence-corrected chi connectivity index (χ2v) is 7.54. The summed E-state index contributed by atoms with van der Waals surface area (Å²) in [5, 5.41) is 7.40. The first-order valence-corrected chi connectivity index (χ1v) is 9.61. The van der Waals surface area contributed by atoms with Crippen LogP contribution in [0.3, 0.4) is 0 Å². The second-order valence-electron chi connectivity index (χ2n) is 6.67. The molecular weight excluding hydrogens is 322 g/mol. The minimum atomic E-state index is 0.0963. The molecule has 4 heterocycles. The molecule has 0 spiro atoms. The fourth-order valence-electron chi connectivity index (χ4n) is 3.85. The van der Waals surface area contributed by atoms with Gasteiger partial charge in [-0.05, 0) is 31.7 Å². The molecule has 2 aromatic heterocycles. The minimum absolute atomic E-state index is 0.0963. The summed E-state index contributed by atoms with van der Waals surface area (Å²) in [5.41, 5.74) is 0. The van der Waals surface area contributed by atoms with Crippen LogP contribution in [-0.4, -0.2) is 51.8 Å². The highest BCUT2D eigenvalue weighted by molar-refractivity contribution is 7.13. The number of carbonyl (C=O) groups excluding carboxylic acids is 1. The van der Waals surface area contributed by atoms with Gasteiger partial charge >= 0.3 is 0 Å². The standard InChI is InChI=1S/C17H23N5OS/c23-16(14-4-1-9-21(12-14)17-18-7-11-24-17)20-8-2-5-15(13-20)22-10-3-6-19-22/h3,6-7,10-11,14-15H,1-2,4-5,8-9,12-13H2/t14-,15-/m1/s1. The Morgan fingerprint density at radius 2 is 2.08 bits per heavy atom. The average molecular weight is 345 g/mol. The molecule has 0 aliphatic carbocycles. The summed E-state index contributed by atoms with van der Waals surface area (Å²) in [6.07, 6.45) is 9.86. The Balaban J connectivity index is 1.41. The van der Waals surface area contributed by atoms with Gasteiger partial charge in [0.2, 0.25) is 5.91 Å². The van der Waals surface area contributed by atoms with Gasteiger partial charge in [0.1, 0.15) is 0 Å². The molecule has 0 bridgehead atoms. The quantitative estimate of drug-likeness (QED) is 0.857. The van der Waals surface area contributed by atoms with Gasteiger partial charge in [-0.2, -0.15) is 5.10 Å². The van der Waals surface area contributed by atoms with Gasteiger partial charge in [0.25, 0.3) is 0 Å². The van der Waals surface area contributed by atoms with Gasteiger partial charge < -0.3 is 9.80 Å². The molecule has 2 aliphatic heterocycles. The predicted octanol–water partition coefficient (Wildman–Crippen LogP) is 2.42. The van der Waals surface area contributed by atoms with Gasteiger partial charge in [-0.3, -0.25) is 9.48 Å². The molecule has 4 rings (SSSR count). The lowest BCUT2D eigenvalue weighted by Gasteiger charge is -2.38. The van der Waals surface area contributed by atoms with Gasteiger partial charge in [-0.15, -0.1) is 11.3 Å². The number of carbonyl (C=O) groups is 1. The van der Waals surface area contributed by atoms with E-state index in [0.29, 0.717) is 11.9 Å². The Hall–Kier alpha value is -1.89. The molecule has 2 fully saturated rings. The molecule has 0 unspecified atom stereocenters. The average Bonchev–Trinajstić information content (AvgIpc) is 3.35. The van der Waals surface area contributed by atoms with E-state index >= 15 is 0 Å². The van der Waals surface area contributed by atoms with Gasteiger partial charge in [0.15, 0.2) is 5.13 Å². The van der Waals surface area contributed by atoms with E-state index in [1.807, 2.05) is 34.7 Å². The van der Waals surface area contributed by atoms with E-state index < -0.39 is 0 Å². The molecular formula is C17H23N5OS. The van der Waals surface area contributed by atoms with Gasteiger partial charge in [0, 0.05) is 50.1 Å². The van der Waals surface area contributed by atoms with Gasteiger partial charge in [-0.1, -0.05) is 0 Å². The zero-order chi connectivity index (χ0) is 16.4. The zero-order valence-corrected chi connectivity index (χ0v) is 14.6. The number of hydrogen-bond acceptors (Lipinski definition) is 5. The number of rotatable bonds is 3. The maximum Gasteiger partial charge on any atom is 0.227 e. The highest BCUT2D eigenvalue weighted by Crippen LogP contribution is 2.28. The molecule has 128 valence electrons. The number of aromatic nitrogens is 3. The molecule has 6 nitrogen and oxygen atoms in total. The van der Waals surface area contributed by atoms with Crippen molar-refractivity contribution < 1.29 is 4.79 Å². The fourth-order valence-corrected chi connectivity index (χ4v) is 4.53. The Bertz CT molecular complexity index is 600. The van der Waals surface area contributed by atoms with Crippen molar-refractivity contribution in [1.29, 1.82) is 0 Å². The van der Waals surface area contributed by atoms with Crippen LogP contribution in [0.5, 0.6) is 0 Å². The number of thiazole rings is 1. The highest BCUT2D eigenvalue weighted by Gasteiger charge is 2.33. The first kappa shape index (κ1) is 15.6. The maximum absolute atomic E-state index is 13.0. The van der Waals surface area contributed by atoms with Crippen molar-refractivity contribution in [3.8, 4) is 0 Å². The minimum Gasteiger partial charge on any atom is -0.347 e. The van der Waals surface area contributed by atoms with E-state index in [-0.39, 0.29) is 5.92 Å². The summed E-state index contributed by atoms with van der Waals surface area (Å²) in [5.74, 6) is 0.409. The van der Waals surface area contributed by atoms with Crippen LogP contribution < -0.4 is 4.90 Å². The van der Waals surface area contributed by atoms with Crippen LogP contribution in [0.2, 0.25) is 0 Å². The SMILES string of the molecule is O=C([C@@H]1CCCN(c2nccs2)C1)N1CCC[C@@H](n2cccn2)C1. The van der Waals surface area contributed by atoms with Crippen molar-refractivity contribution in [1.82, 2.24) is 19.7 Å². The lowest BCUT2D eigenvalue weighted by Crippen LogP contribution is -2.48. The number of piperidine rings is 2. The first-order valence-electron chi connectivity index (χ1n) is 8.73. The van der Waals surface area contributed by atoms with Crippen LogP contribution in [0, 0.1) is 5.92 Å². The summed E-state index contributed by atoms with van der Waals surface area (Å²) in [7, 11) is 0. The Morgan fingerprint density at radius 3 is 2.88 bits per heavy atom. The zero-order valence-electron chi connectivity index (χ0n) is 13.8. The summed E-state index contributed by atoms with van der Waals surface area (Å²) >= 11 is 1.66. The van der Waals surface area contributed by atoms with Crippen LogP contribution in [0.4, 0.5) is 5.13 Å². The topological polar surface area (TPSA) is 54.3 Å². The molecule has 7 heteroatoms. The Morgan fingerprint density at radius 1 is 1.17 bits per heavy atom. The first-order chi connectivity index (χ1) is 11.8. The summed E-state index contributed by atoms with van der Waals surface area (Å²) in [6, 6.07) is 2.27. The summed E-state index contributed by atoms with van der Waals surface area (Å²) in [6.45, 7) is 3.47. The lowest BCUT2D eigenvalue weighted by molar-refractivity contribution is -0.137. The van der Waals surface area contributed by atoms with Gasteiger partial charge in [-0.25, -0.2) is 4.98 Å². The van der Waals surface area contributed by atoms with E-state index in [1.54, 1.807) is 11.3 Å². The van der Waals surface area contributed by atoms with Crippen molar-refractivity contribution >= 4 is 22.4 Å². The molecule has 0 radical (unpaired) electrons. The van der Waals surface area contributed by atoms with E-state index in [0.717, 1.165) is 57.0 Å². The third-order valence-corrected chi connectivity index (χ3v) is 5.90.